The highest BCUT2D eigenvalue weighted by molar-refractivity contribution is 9.10. The van der Waals surface area contributed by atoms with Crippen molar-refractivity contribution in [2.24, 2.45) is 0 Å². The second-order valence-electron chi connectivity index (χ2n) is 4.04. The maximum absolute atomic E-state index is 13.4. The van der Waals surface area contributed by atoms with Gasteiger partial charge in [-0.1, -0.05) is 33.6 Å². The van der Waals surface area contributed by atoms with E-state index in [0.29, 0.717) is 5.02 Å². The number of carbonyl (C=O) groups is 1. The topological polar surface area (TPSA) is 41.1 Å². The van der Waals surface area contributed by atoms with Crippen LogP contribution in [0.1, 0.15) is 0 Å². The second kappa shape index (κ2) is 6.72. The third-order valence-corrected chi connectivity index (χ3v) is 3.21. The van der Waals surface area contributed by atoms with Gasteiger partial charge in [-0.3, -0.25) is 4.79 Å². The summed E-state index contributed by atoms with van der Waals surface area (Å²) in [4.78, 5) is 11.7. The molecule has 2 aromatic rings. The summed E-state index contributed by atoms with van der Waals surface area (Å²) in [5.41, 5.74) is 0.861. The van der Waals surface area contributed by atoms with Crippen molar-refractivity contribution in [2.75, 3.05) is 17.2 Å². The lowest BCUT2D eigenvalue weighted by molar-refractivity contribution is -0.114. The Kier molecular flexibility index (Phi) is 4.98. The average molecular weight is 358 g/mol. The smallest absolute Gasteiger partial charge is 0.243 e. The summed E-state index contributed by atoms with van der Waals surface area (Å²) in [5, 5.41) is 5.77. The molecule has 0 aliphatic rings. The molecule has 2 N–H and O–H groups in total. The van der Waals surface area contributed by atoms with Crippen molar-refractivity contribution in [3.8, 4) is 0 Å². The fourth-order valence-corrected chi connectivity index (χ4v) is 2.14. The van der Waals surface area contributed by atoms with E-state index < -0.39 is 5.82 Å². The number of hydrogen-bond acceptors (Lipinski definition) is 2. The molecule has 0 radical (unpaired) electrons. The first kappa shape index (κ1) is 14.8. The molecule has 3 nitrogen and oxygen atoms in total. The lowest BCUT2D eigenvalue weighted by atomic mass is 10.3. The molecule has 20 heavy (non-hydrogen) atoms. The molecule has 2 rings (SSSR count). The van der Waals surface area contributed by atoms with Gasteiger partial charge in [0.2, 0.25) is 5.91 Å². The van der Waals surface area contributed by atoms with E-state index in [1.807, 2.05) is 24.3 Å². The van der Waals surface area contributed by atoms with E-state index in [0.717, 1.165) is 10.2 Å². The van der Waals surface area contributed by atoms with E-state index in [4.69, 9.17) is 11.6 Å². The second-order valence-corrected chi connectivity index (χ2v) is 5.39. The van der Waals surface area contributed by atoms with Crippen molar-refractivity contribution in [3.63, 3.8) is 0 Å². The van der Waals surface area contributed by atoms with Gasteiger partial charge >= 0.3 is 0 Å². The fourth-order valence-electron chi connectivity index (χ4n) is 1.57. The minimum Gasteiger partial charge on any atom is -0.376 e. The zero-order chi connectivity index (χ0) is 14.5. The molecule has 0 heterocycles. The largest absolute Gasteiger partial charge is 0.376 e. The van der Waals surface area contributed by atoms with Crippen LogP contribution in [0.2, 0.25) is 5.02 Å². The maximum atomic E-state index is 13.4. The highest BCUT2D eigenvalue weighted by atomic mass is 79.9. The Labute approximate surface area is 129 Å². The third kappa shape index (κ3) is 4.21. The molecule has 104 valence electrons. The number of nitrogens with one attached hydrogen (secondary N) is 2. The highest BCUT2D eigenvalue weighted by Crippen LogP contribution is 2.19. The van der Waals surface area contributed by atoms with Gasteiger partial charge in [0.15, 0.2) is 0 Å². The summed E-state index contributed by atoms with van der Waals surface area (Å²) >= 11 is 9.09. The van der Waals surface area contributed by atoms with Crippen LogP contribution in [0.3, 0.4) is 0 Å². The lowest BCUT2D eigenvalue weighted by Gasteiger charge is -2.09. The molecule has 0 unspecified atom stereocenters. The number of halogens is 3. The van der Waals surface area contributed by atoms with Crippen molar-refractivity contribution in [3.05, 3.63) is 57.8 Å². The highest BCUT2D eigenvalue weighted by Gasteiger charge is 2.07. The van der Waals surface area contributed by atoms with Crippen LogP contribution in [0, 0.1) is 5.82 Å². The molecule has 0 atom stereocenters. The summed E-state index contributed by atoms with van der Waals surface area (Å²) in [7, 11) is 0. The number of benzene rings is 2. The van der Waals surface area contributed by atoms with Gasteiger partial charge in [-0.05, 0) is 36.4 Å². The van der Waals surface area contributed by atoms with Crippen molar-refractivity contribution in [2.45, 2.75) is 0 Å². The van der Waals surface area contributed by atoms with Crippen LogP contribution in [-0.2, 0) is 4.79 Å². The van der Waals surface area contributed by atoms with Gasteiger partial charge in [-0.25, -0.2) is 4.39 Å². The molecule has 1 amide bonds. The first-order valence-electron chi connectivity index (χ1n) is 5.79. The number of hydrogen-bond donors (Lipinski definition) is 2. The first-order chi connectivity index (χ1) is 9.54. The van der Waals surface area contributed by atoms with Crippen molar-refractivity contribution >= 4 is 44.8 Å². The van der Waals surface area contributed by atoms with Crippen LogP contribution in [0.15, 0.2) is 46.9 Å². The van der Waals surface area contributed by atoms with Gasteiger partial charge in [0, 0.05) is 15.2 Å². The summed E-state index contributed by atoms with van der Waals surface area (Å²) < 4.78 is 14.4. The maximum Gasteiger partial charge on any atom is 0.243 e. The van der Waals surface area contributed by atoms with Gasteiger partial charge in [0.05, 0.1) is 12.2 Å². The van der Waals surface area contributed by atoms with Crippen LogP contribution in [0.25, 0.3) is 0 Å². The van der Waals surface area contributed by atoms with Crippen molar-refractivity contribution < 1.29 is 9.18 Å². The van der Waals surface area contributed by atoms with Crippen LogP contribution in [0.5, 0.6) is 0 Å². The Morgan fingerprint density at radius 2 is 2.05 bits per heavy atom. The van der Waals surface area contributed by atoms with Gasteiger partial charge in [-0.2, -0.15) is 0 Å². The Hall–Kier alpha value is -1.59. The molecule has 6 heteroatoms. The molecule has 0 bridgehead atoms. The lowest BCUT2D eigenvalue weighted by Crippen LogP contribution is -2.22. The molecule has 0 aromatic heterocycles. The Morgan fingerprint density at radius 3 is 2.80 bits per heavy atom. The number of rotatable bonds is 4. The fraction of sp³-hybridized carbons (Fsp3) is 0.0714. The molecule has 2 aromatic carbocycles. The van der Waals surface area contributed by atoms with E-state index >= 15 is 0 Å². The first-order valence-corrected chi connectivity index (χ1v) is 6.96. The van der Waals surface area contributed by atoms with Gasteiger partial charge in [-0.15, -0.1) is 0 Å². The minimum absolute atomic E-state index is 0.0302. The minimum atomic E-state index is -0.523. The van der Waals surface area contributed by atoms with E-state index in [1.165, 1.54) is 18.2 Å². The van der Waals surface area contributed by atoms with Gasteiger partial charge in [0.25, 0.3) is 0 Å². The molecule has 0 spiro atoms. The van der Waals surface area contributed by atoms with Crippen LogP contribution in [-0.4, -0.2) is 12.5 Å². The Balaban J connectivity index is 1.94. The molecular weight excluding hydrogens is 347 g/mol. The van der Waals surface area contributed by atoms with Gasteiger partial charge < -0.3 is 10.6 Å². The third-order valence-electron chi connectivity index (χ3n) is 2.48. The zero-order valence-corrected chi connectivity index (χ0v) is 12.6. The van der Waals surface area contributed by atoms with Crippen molar-refractivity contribution in [1.29, 1.82) is 0 Å². The zero-order valence-electron chi connectivity index (χ0n) is 10.3. The predicted octanol–water partition coefficient (Wildman–Crippen LogP) is 4.29. The average Bonchev–Trinajstić information content (AvgIpc) is 2.41. The number of amides is 1. The summed E-state index contributed by atoms with van der Waals surface area (Å²) in [6.07, 6.45) is 0. The number of carbonyl (C=O) groups excluding carboxylic acids is 1. The SMILES string of the molecule is O=C(CNc1cccc(Br)c1)Nc1cc(Cl)ccc1F. The monoisotopic (exact) mass is 356 g/mol. The van der Waals surface area contributed by atoms with Crippen molar-refractivity contribution in [1.82, 2.24) is 0 Å². The molecule has 0 aliphatic heterocycles. The van der Waals surface area contributed by atoms with Crippen LogP contribution in [0.4, 0.5) is 15.8 Å². The standard InChI is InChI=1S/C14H11BrClFN2O/c15-9-2-1-3-11(6-9)18-8-14(20)19-13-7-10(16)4-5-12(13)17/h1-7,18H,8H2,(H,19,20). The summed E-state index contributed by atoms with van der Waals surface area (Å²) in [6.45, 7) is 0.0302. The van der Waals surface area contributed by atoms with E-state index in [9.17, 15) is 9.18 Å². The van der Waals surface area contributed by atoms with E-state index in [1.54, 1.807) is 0 Å². The predicted molar refractivity (Wildman–Crippen MR) is 82.7 cm³/mol. The Morgan fingerprint density at radius 1 is 1.25 bits per heavy atom. The summed E-state index contributed by atoms with van der Waals surface area (Å²) in [6, 6.07) is 11.4. The Bertz CT molecular complexity index is 636. The molecular formula is C14H11BrClFN2O. The number of anilines is 2. The molecule has 0 fully saturated rings. The van der Waals surface area contributed by atoms with Gasteiger partial charge in [0.1, 0.15) is 5.82 Å². The molecule has 0 saturated carbocycles. The van der Waals surface area contributed by atoms with E-state index in [2.05, 4.69) is 26.6 Å². The van der Waals surface area contributed by atoms with Crippen LogP contribution < -0.4 is 10.6 Å². The molecule has 0 saturated heterocycles. The van der Waals surface area contributed by atoms with Crippen LogP contribution >= 0.6 is 27.5 Å². The normalized spacial score (nSPS) is 10.2. The quantitative estimate of drug-likeness (QED) is 0.857. The van der Waals surface area contributed by atoms with E-state index in [-0.39, 0.29) is 18.1 Å². The summed E-state index contributed by atoms with van der Waals surface area (Å²) in [5.74, 6) is -0.878. The molecule has 0 aliphatic carbocycles.